The molecule has 0 saturated heterocycles. The summed E-state index contributed by atoms with van der Waals surface area (Å²) in [6.45, 7) is 7.39. The van der Waals surface area contributed by atoms with Crippen LogP contribution in [0.15, 0.2) is 5.18 Å². The summed E-state index contributed by atoms with van der Waals surface area (Å²) >= 11 is 0. The second-order valence-corrected chi connectivity index (χ2v) is 11.3. The third kappa shape index (κ3) is 3.13. The van der Waals surface area contributed by atoms with Crippen LogP contribution in [-0.2, 0) is 4.79 Å². The Morgan fingerprint density at radius 2 is 1.75 bits per heavy atom. The standard InChI is InChI=1S/C24H39NO3/c1-15(4-9-22(26)27)19-7-8-20-18-6-5-16-14-17(25-28)10-12-23(16,2)21(18)11-13-24(19,20)3/h15-21H,4-14H2,1-3H3,(H,26,27)/t15-,16?,17-,18?,19?,20?,21?,23?,24?/m1/s1. The van der Waals surface area contributed by atoms with E-state index in [-0.39, 0.29) is 6.04 Å². The molecule has 4 aliphatic rings. The molecule has 0 bridgehead atoms. The lowest BCUT2D eigenvalue weighted by molar-refractivity contribution is -0.137. The average molecular weight is 390 g/mol. The molecule has 0 amide bonds. The molecule has 0 heterocycles. The topological polar surface area (TPSA) is 66.7 Å². The van der Waals surface area contributed by atoms with Crippen molar-refractivity contribution in [2.45, 2.75) is 97.4 Å². The van der Waals surface area contributed by atoms with Gasteiger partial charge in [0.25, 0.3) is 0 Å². The van der Waals surface area contributed by atoms with Crippen LogP contribution in [0.25, 0.3) is 0 Å². The second kappa shape index (κ2) is 7.40. The van der Waals surface area contributed by atoms with Gasteiger partial charge in [0, 0.05) is 6.42 Å². The molecule has 0 spiro atoms. The van der Waals surface area contributed by atoms with E-state index in [2.05, 4.69) is 25.9 Å². The van der Waals surface area contributed by atoms with Crippen molar-refractivity contribution in [1.29, 1.82) is 0 Å². The Kier molecular flexibility index (Phi) is 5.37. The van der Waals surface area contributed by atoms with Gasteiger partial charge in [0.05, 0.1) is 6.04 Å². The molecule has 0 aliphatic heterocycles. The molecule has 4 nitrogen and oxygen atoms in total. The van der Waals surface area contributed by atoms with Gasteiger partial charge in [-0.05, 0) is 111 Å². The lowest BCUT2D eigenvalue weighted by Gasteiger charge is -2.61. The predicted molar refractivity (Wildman–Crippen MR) is 111 cm³/mol. The van der Waals surface area contributed by atoms with Gasteiger partial charge in [0.2, 0.25) is 0 Å². The Hall–Kier alpha value is -0.930. The lowest BCUT2D eigenvalue weighted by atomic mass is 9.44. The van der Waals surface area contributed by atoms with Crippen LogP contribution in [0, 0.1) is 51.2 Å². The zero-order valence-corrected chi connectivity index (χ0v) is 18.0. The van der Waals surface area contributed by atoms with Crippen LogP contribution in [0.5, 0.6) is 0 Å². The first-order valence-electron chi connectivity index (χ1n) is 11.8. The van der Waals surface area contributed by atoms with Gasteiger partial charge in [0.15, 0.2) is 0 Å². The van der Waals surface area contributed by atoms with E-state index in [0.29, 0.717) is 35.0 Å². The molecule has 9 atom stereocenters. The highest BCUT2D eigenvalue weighted by atomic mass is 16.4. The highest BCUT2D eigenvalue weighted by Gasteiger charge is 2.60. The molecule has 7 unspecified atom stereocenters. The maximum Gasteiger partial charge on any atom is 0.303 e. The van der Waals surface area contributed by atoms with Crippen molar-refractivity contribution in [3.8, 4) is 0 Å². The van der Waals surface area contributed by atoms with Gasteiger partial charge in [-0.3, -0.25) is 4.79 Å². The Bertz CT molecular complexity index is 621. The number of rotatable bonds is 5. The van der Waals surface area contributed by atoms with E-state index in [0.717, 1.165) is 37.0 Å². The molecule has 0 aromatic carbocycles. The molecule has 28 heavy (non-hydrogen) atoms. The fourth-order valence-electron chi connectivity index (χ4n) is 8.86. The number of nitrogens with zero attached hydrogens (tertiary/aromatic N) is 1. The monoisotopic (exact) mass is 389 g/mol. The maximum atomic E-state index is 11.1. The first-order chi connectivity index (χ1) is 13.3. The van der Waals surface area contributed by atoms with Crippen LogP contribution in [0.3, 0.4) is 0 Å². The number of carbonyl (C=O) groups is 1. The van der Waals surface area contributed by atoms with E-state index in [1.165, 1.54) is 44.9 Å². The maximum absolute atomic E-state index is 11.1. The summed E-state index contributed by atoms with van der Waals surface area (Å²) in [6, 6.07) is 0.0643. The number of carboxylic acids is 1. The van der Waals surface area contributed by atoms with E-state index in [1.807, 2.05) is 0 Å². The molecule has 1 N–H and O–H groups in total. The summed E-state index contributed by atoms with van der Waals surface area (Å²) < 4.78 is 0. The van der Waals surface area contributed by atoms with Gasteiger partial charge in [-0.2, -0.15) is 4.91 Å². The van der Waals surface area contributed by atoms with Crippen LogP contribution in [0.4, 0.5) is 0 Å². The highest BCUT2D eigenvalue weighted by molar-refractivity contribution is 5.66. The predicted octanol–water partition coefficient (Wildman–Crippen LogP) is 6.28. The van der Waals surface area contributed by atoms with Crippen LogP contribution < -0.4 is 0 Å². The van der Waals surface area contributed by atoms with Crippen molar-refractivity contribution < 1.29 is 9.90 Å². The van der Waals surface area contributed by atoms with Gasteiger partial charge in [0.1, 0.15) is 0 Å². The summed E-state index contributed by atoms with van der Waals surface area (Å²) in [4.78, 5) is 22.2. The summed E-state index contributed by atoms with van der Waals surface area (Å²) in [7, 11) is 0. The number of fused-ring (bicyclic) bond motifs is 5. The summed E-state index contributed by atoms with van der Waals surface area (Å²) in [5.41, 5.74) is 0.822. The third-order valence-corrected chi connectivity index (χ3v) is 10.4. The number of hydrogen-bond acceptors (Lipinski definition) is 3. The SMILES string of the molecule is C[C@H](CCC(=O)O)C1CCC2C3CCC4C[C@H](N=O)CCC4(C)C3CCC21C. The minimum Gasteiger partial charge on any atom is -0.481 e. The minimum absolute atomic E-state index is 0.0643. The summed E-state index contributed by atoms with van der Waals surface area (Å²) in [6.07, 6.45) is 12.3. The Morgan fingerprint density at radius 1 is 1.04 bits per heavy atom. The van der Waals surface area contributed by atoms with Gasteiger partial charge >= 0.3 is 5.97 Å². The van der Waals surface area contributed by atoms with E-state index >= 15 is 0 Å². The normalized spacial score (nSPS) is 48.8. The first kappa shape index (κ1) is 20.3. The molecule has 4 rings (SSSR count). The number of aliphatic carboxylic acids is 1. The van der Waals surface area contributed by atoms with Crippen molar-refractivity contribution >= 4 is 5.97 Å². The van der Waals surface area contributed by atoms with Gasteiger partial charge in [-0.15, -0.1) is 0 Å². The van der Waals surface area contributed by atoms with Gasteiger partial charge in [-0.1, -0.05) is 25.9 Å². The minimum atomic E-state index is -0.651. The molecule has 4 heteroatoms. The molecular formula is C24H39NO3. The zero-order valence-electron chi connectivity index (χ0n) is 18.0. The van der Waals surface area contributed by atoms with Crippen LogP contribution >= 0.6 is 0 Å². The smallest absolute Gasteiger partial charge is 0.303 e. The number of carboxylic acid groups (broad SMARTS) is 1. The zero-order chi connectivity index (χ0) is 20.1. The molecule has 4 aliphatic carbocycles. The van der Waals surface area contributed by atoms with Crippen molar-refractivity contribution in [3.63, 3.8) is 0 Å². The molecular weight excluding hydrogens is 350 g/mol. The van der Waals surface area contributed by atoms with Gasteiger partial charge < -0.3 is 5.11 Å². The van der Waals surface area contributed by atoms with E-state index in [1.54, 1.807) is 0 Å². The largest absolute Gasteiger partial charge is 0.481 e. The van der Waals surface area contributed by atoms with Crippen LogP contribution in [0.2, 0.25) is 0 Å². The summed E-state index contributed by atoms with van der Waals surface area (Å²) in [5.74, 6) is 3.75. The molecule has 4 saturated carbocycles. The quantitative estimate of drug-likeness (QED) is 0.563. The Morgan fingerprint density at radius 3 is 2.46 bits per heavy atom. The van der Waals surface area contributed by atoms with Gasteiger partial charge in [-0.25, -0.2) is 0 Å². The Labute approximate surface area is 170 Å². The molecule has 158 valence electrons. The molecule has 0 aromatic heterocycles. The highest BCUT2D eigenvalue weighted by Crippen LogP contribution is 2.68. The van der Waals surface area contributed by atoms with Crippen molar-refractivity contribution in [1.82, 2.24) is 0 Å². The Balaban J connectivity index is 1.50. The van der Waals surface area contributed by atoms with Crippen LogP contribution in [0.1, 0.15) is 91.4 Å². The van der Waals surface area contributed by atoms with E-state index < -0.39 is 5.97 Å². The van der Waals surface area contributed by atoms with E-state index in [9.17, 15) is 9.70 Å². The van der Waals surface area contributed by atoms with Crippen LogP contribution in [-0.4, -0.2) is 17.1 Å². The molecule has 0 radical (unpaired) electrons. The molecule has 4 fully saturated rings. The fourth-order valence-corrected chi connectivity index (χ4v) is 8.86. The van der Waals surface area contributed by atoms with Crippen molar-refractivity contribution in [3.05, 3.63) is 4.91 Å². The van der Waals surface area contributed by atoms with Crippen molar-refractivity contribution in [2.24, 2.45) is 51.5 Å². The lowest BCUT2D eigenvalue weighted by Crippen LogP contribution is -2.54. The fraction of sp³-hybridized carbons (Fsp3) is 0.958. The number of hydrogen-bond donors (Lipinski definition) is 1. The summed E-state index contributed by atoms with van der Waals surface area (Å²) in [5, 5.41) is 12.5. The third-order valence-electron chi connectivity index (χ3n) is 10.4. The molecule has 0 aromatic rings. The number of nitroso groups, excluding NO2 is 1. The van der Waals surface area contributed by atoms with E-state index in [4.69, 9.17) is 5.11 Å². The first-order valence-corrected chi connectivity index (χ1v) is 11.8. The average Bonchev–Trinajstić information content (AvgIpc) is 3.02. The van der Waals surface area contributed by atoms with Crippen molar-refractivity contribution in [2.75, 3.05) is 0 Å². The second-order valence-electron chi connectivity index (χ2n) is 11.3.